The van der Waals surface area contributed by atoms with Crippen molar-refractivity contribution in [1.29, 1.82) is 0 Å². The van der Waals surface area contributed by atoms with Gasteiger partial charge in [0.1, 0.15) is 5.02 Å². The first-order chi connectivity index (χ1) is 14.0. The number of hydrogen-bond donors (Lipinski definition) is 0. The molecule has 3 rings (SSSR count). The van der Waals surface area contributed by atoms with Gasteiger partial charge in [-0.15, -0.1) is 0 Å². The highest BCUT2D eigenvalue weighted by atomic mass is 35.5. The van der Waals surface area contributed by atoms with E-state index in [0.29, 0.717) is 21.2 Å². The summed E-state index contributed by atoms with van der Waals surface area (Å²) in [6.07, 6.45) is 0. The molecule has 10 nitrogen and oxygen atoms in total. The lowest BCUT2D eigenvalue weighted by Gasteiger charge is -2.08. The van der Waals surface area contributed by atoms with Crippen molar-refractivity contribution >= 4 is 44.8 Å². The fourth-order valence-corrected chi connectivity index (χ4v) is 5.19. The third-order valence-corrected chi connectivity index (χ3v) is 7.38. The summed E-state index contributed by atoms with van der Waals surface area (Å²) in [5.74, 6) is 0. The van der Waals surface area contributed by atoms with Gasteiger partial charge >= 0.3 is 0 Å². The Hall–Kier alpha value is -2.96. The molecule has 30 heavy (non-hydrogen) atoms. The van der Waals surface area contributed by atoms with Crippen molar-refractivity contribution in [1.82, 2.24) is 9.19 Å². The molecule has 0 fully saturated rings. The first-order valence-electron chi connectivity index (χ1n) is 8.20. The van der Waals surface area contributed by atoms with Crippen molar-refractivity contribution in [3.8, 4) is 0 Å². The fourth-order valence-electron chi connectivity index (χ4n) is 2.63. The number of non-ortho nitro benzene ring substituents is 1. The third kappa shape index (κ3) is 4.01. The number of nitrogens with zero attached hydrogens (tertiary/aromatic N) is 4. The predicted octanol–water partition coefficient (Wildman–Crippen LogP) is 4.36. The third-order valence-electron chi connectivity index (χ3n) is 4.09. The van der Waals surface area contributed by atoms with E-state index < -0.39 is 25.6 Å². The van der Waals surface area contributed by atoms with Gasteiger partial charge in [-0.3, -0.25) is 20.2 Å². The van der Waals surface area contributed by atoms with Gasteiger partial charge in [0.25, 0.3) is 21.4 Å². The summed E-state index contributed by atoms with van der Waals surface area (Å²) >= 11 is 6.97. The zero-order valence-electron chi connectivity index (χ0n) is 15.5. The Kier molecular flexibility index (Phi) is 5.83. The van der Waals surface area contributed by atoms with Gasteiger partial charge in [-0.25, -0.2) is 0 Å². The highest BCUT2D eigenvalue weighted by molar-refractivity contribution is 7.99. The van der Waals surface area contributed by atoms with Crippen LogP contribution in [0.25, 0.3) is 0 Å². The van der Waals surface area contributed by atoms with E-state index in [1.807, 2.05) is 0 Å². The fraction of sp³-hybridized carbons (Fsp3) is 0.118. The monoisotopic (exact) mass is 468 g/mol. The number of aryl methyl sites for hydroxylation is 1. The predicted molar refractivity (Wildman–Crippen MR) is 110 cm³/mol. The van der Waals surface area contributed by atoms with Crippen LogP contribution in [-0.2, 0) is 10.0 Å². The van der Waals surface area contributed by atoms with Crippen molar-refractivity contribution in [2.75, 3.05) is 0 Å². The molecule has 0 aliphatic heterocycles. The van der Waals surface area contributed by atoms with Crippen molar-refractivity contribution in [2.45, 2.75) is 28.5 Å². The van der Waals surface area contributed by atoms with Crippen molar-refractivity contribution < 1.29 is 18.3 Å². The van der Waals surface area contributed by atoms with Crippen LogP contribution in [0.2, 0.25) is 5.02 Å². The van der Waals surface area contributed by atoms with Crippen LogP contribution in [0, 0.1) is 34.1 Å². The van der Waals surface area contributed by atoms with Gasteiger partial charge < -0.3 is 0 Å². The second-order valence-electron chi connectivity index (χ2n) is 6.07. The second kappa shape index (κ2) is 8.05. The van der Waals surface area contributed by atoms with Gasteiger partial charge in [0.2, 0.25) is 0 Å². The second-order valence-corrected chi connectivity index (χ2v) is 9.33. The maximum absolute atomic E-state index is 13.0. The van der Waals surface area contributed by atoms with Crippen LogP contribution in [0.15, 0.2) is 57.2 Å². The molecular formula is C17H13ClN4O6S2. The lowest BCUT2D eigenvalue weighted by atomic mass is 10.3. The largest absolute Gasteiger partial charge is 0.289 e. The molecule has 13 heteroatoms. The molecule has 0 aliphatic rings. The number of nitro benzene ring substituents is 2. The molecule has 0 saturated heterocycles. The van der Waals surface area contributed by atoms with Crippen LogP contribution < -0.4 is 0 Å². The number of rotatable bonds is 6. The maximum atomic E-state index is 13.0. The van der Waals surface area contributed by atoms with Gasteiger partial charge in [-0.05, 0) is 38.1 Å². The summed E-state index contributed by atoms with van der Waals surface area (Å²) < 4.78 is 26.9. The summed E-state index contributed by atoms with van der Waals surface area (Å²) in [5, 5.41) is 25.8. The molecule has 1 heterocycles. The van der Waals surface area contributed by atoms with E-state index in [1.165, 1.54) is 30.0 Å². The average molecular weight is 469 g/mol. The van der Waals surface area contributed by atoms with Gasteiger partial charge in [0, 0.05) is 23.1 Å². The molecule has 0 atom stereocenters. The Labute approximate surface area is 179 Å². The Morgan fingerprint density at radius 1 is 1.03 bits per heavy atom. The van der Waals surface area contributed by atoms with Crippen LogP contribution in [-0.4, -0.2) is 27.5 Å². The molecule has 0 radical (unpaired) electrons. The average Bonchev–Trinajstić information content (AvgIpc) is 2.97. The number of hydrogen-bond acceptors (Lipinski definition) is 8. The van der Waals surface area contributed by atoms with Crippen molar-refractivity contribution in [3.63, 3.8) is 0 Å². The molecule has 0 spiro atoms. The van der Waals surface area contributed by atoms with E-state index >= 15 is 0 Å². The molecule has 2 aromatic carbocycles. The summed E-state index contributed by atoms with van der Waals surface area (Å²) in [4.78, 5) is 21.5. The molecule has 0 unspecified atom stereocenters. The van der Waals surface area contributed by atoms with Crippen LogP contribution in [0.5, 0.6) is 0 Å². The highest BCUT2D eigenvalue weighted by Gasteiger charge is 2.27. The first kappa shape index (κ1) is 21.7. The number of benzene rings is 2. The molecule has 0 N–H and O–H groups in total. The van der Waals surface area contributed by atoms with Crippen molar-refractivity contribution in [2.24, 2.45) is 0 Å². The number of halogens is 1. The van der Waals surface area contributed by atoms with E-state index in [0.717, 1.165) is 16.2 Å². The molecule has 0 amide bonds. The smallest absolute Gasteiger partial charge is 0.258 e. The lowest BCUT2D eigenvalue weighted by Crippen LogP contribution is -2.16. The molecule has 3 aromatic rings. The molecule has 156 valence electrons. The summed E-state index contributed by atoms with van der Waals surface area (Å²) in [5.41, 5.74) is 0.131. The molecule has 1 aromatic heterocycles. The normalized spacial score (nSPS) is 11.4. The SMILES string of the molecule is Cc1nn(S(=O)(=O)c2ccc(Cl)c([N+](=O)[O-])c2)c(C)c1Sc1ccc([N+](=O)[O-])cc1. The van der Waals surface area contributed by atoms with Gasteiger partial charge in [-0.1, -0.05) is 23.4 Å². The molecule has 0 bridgehead atoms. The summed E-state index contributed by atoms with van der Waals surface area (Å²) in [6.45, 7) is 3.17. The van der Waals surface area contributed by atoms with E-state index in [4.69, 9.17) is 11.6 Å². The lowest BCUT2D eigenvalue weighted by molar-refractivity contribution is -0.385. The highest BCUT2D eigenvalue weighted by Crippen LogP contribution is 2.35. The molecule has 0 saturated carbocycles. The Bertz CT molecular complexity index is 1270. The van der Waals surface area contributed by atoms with E-state index in [9.17, 15) is 28.6 Å². The quantitative estimate of drug-likeness (QED) is 0.384. The minimum absolute atomic E-state index is 0.0598. The van der Waals surface area contributed by atoms with Crippen LogP contribution >= 0.6 is 23.4 Å². The Morgan fingerprint density at radius 2 is 1.67 bits per heavy atom. The van der Waals surface area contributed by atoms with Crippen LogP contribution in [0.4, 0.5) is 11.4 Å². The summed E-state index contributed by atoms with van der Waals surface area (Å²) in [6, 6.07) is 9.00. The maximum Gasteiger partial charge on any atom is 0.289 e. The minimum atomic E-state index is -4.21. The van der Waals surface area contributed by atoms with Gasteiger partial charge in [0.05, 0.1) is 31.0 Å². The van der Waals surface area contributed by atoms with Gasteiger partial charge in [0.15, 0.2) is 0 Å². The van der Waals surface area contributed by atoms with E-state index in [1.54, 1.807) is 26.0 Å². The van der Waals surface area contributed by atoms with Gasteiger partial charge in [-0.2, -0.15) is 17.6 Å². The zero-order chi connectivity index (χ0) is 22.2. The zero-order valence-corrected chi connectivity index (χ0v) is 17.9. The van der Waals surface area contributed by atoms with E-state index in [-0.39, 0.29) is 15.6 Å². The Balaban J connectivity index is 2.01. The molecular weight excluding hydrogens is 456 g/mol. The first-order valence-corrected chi connectivity index (χ1v) is 10.8. The van der Waals surface area contributed by atoms with Crippen LogP contribution in [0.1, 0.15) is 11.4 Å². The number of nitro groups is 2. The van der Waals surface area contributed by atoms with E-state index in [2.05, 4.69) is 5.10 Å². The Morgan fingerprint density at radius 3 is 2.23 bits per heavy atom. The molecule has 0 aliphatic carbocycles. The standard InChI is InChI=1S/C17H13ClN4O6S2/c1-10-17(29-13-5-3-12(4-6-13)21(23)24)11(2)20(19-10)30(27,28)14-7-8-15(18)16(9-14)22(25)26/h3-9H,1-2H3. The van der Waals surface area contributed by atoms with Crippen molar-refractivity contribution in [3.05, 3.63) is 79.1 Å². The van der Waals surface area contributed by atoms with Crippen LogP contribution in [0.3, 0.4) is 0 Å². The summed E-state index contributed by atoms with van der Waals surface area (Å²) in [7, 11) is -4.21. The number of aromatic nitrogens is 2. The minimum Gasteiger partial charge on any atom is -0.258 e. The topological polar surface area (TPSA) is 138 Å².